The quantitative estimate of drug-likeness (QED) is 0.896. The molecule has 1 N–H and O–H groups in total. The largest absolute Gasteiger partial charge is 0.476 e. The number of hydrogen-bond acceptors (Lipinski definition) is 2. The Bertz CT molecular complexity index is 575. The molecular formula is C11H8ClFN2O2. The van der Waals surface area contributed by atoms with E-state index in [2.05, 4.69) is 5.10 Å². The standard InChI is InChI=1S/C11H8ClFN2O2/c1-6-2-10(11(16)17)14-15(6)9-4-7(12)3-8(13)5-9/h2-5H,1H3,(H,16,17). The highest BCUT2D eigenvalue weighted by molar-refractivity contribution is 6.30. The minimum absolute atomic E-state index is 0.0946. The molecule has 1 aromatic carbocycles. The van der Waals surface area contributed by atoms with Crippen molar-refractivity contribution < 1.29 is 14.3 Å². The summed E-state index contributed by atoms with van der Waals surface area (Å²) in [5.41, 5.74) is 0.881. The first-order valence-electron chi connectivity index (χ1n) is 4.74. The number of aromatic carboxylic acids is 1. The van der Waals surface area contributed by atoms with Gasteiger partial charge in [0.05, 0.1) is 5.69 Å². The van der Waals surface area contributed by atoms with Gasteiger partial charge in [0.25, 0.3) is 0 Å². The zero-order chi connectivity index (χ0) is 12.6. The van der Waals surface area contributed by atoms with Crippen LogP contribution in [0.5, 0.6) is 0 Å². The molecule has 0 amide bonds. The third-order valence-corrected chi connectivity index (χ3v) is 2.42. The van der Waals surface area contributed by atoms with Crippen LogP contribution in [0.25, 0.3) is 5.69 Å². The molecule has 0 unspecified atom stereocenters. The van der Waals surface area contributed by atoms with E-state index in [1.807, 2.05) is 0 Å². The fourth-order valence-corrected chi connectivity index (χ4v) is 1.72. The van der Waals surface area contributed by atoms with Gasteiger partial charge in [-0.1, -0.05) is 11.6 Å². The van der Waals surface area contributed by atoms with E-state index >= 15 is 0 Å². The molecule has 0 aliphatic carbocycles. The second kappa shape index (κ2) is 4.18. The molecule has 1 heterocycles. The summed E-state index contributed by atoms with van der Waals surface area (Å²) in [6, 6.07) is 5.32. The van der Waals surface area contributed by atoms with Gasteiger partial charge in [0.15, 0.2) is 5.69 Å². The van der Waals surface area contributed by atoms with Crippen molar-refractivity contribution in [1.29, 1.82) is 0 Å². The second-order valence-electron chi connectivity index (χ2n) is 3.52. The molecule has 88 valence electrons. The number of carbonyl (C=O) groups is 1. The summed E-state index contributed by atoms with van der Waals surface area (Å²) in [4.78, 5) is 10.8. The van der Waals surface area contributed by atoms with Crippen LogP contribution in [0, 0.1) is 12.7 Å². The maximum Gasteiger partial charge on any atom is 0.356 e. The molecule has 17 heavy (non-hydrogen) atoms. The van der Waals surface area contributed by atoms with Gasteiger partial charge >= 0.3 is 5.97 Å². The van der Waals surface area contributed by atoms with E-state index in [1.165, 1.54) is 28.9 Å². The molecule has 0 saturated heterocycles. The van der Waals surface area contributed by atoms with Crippen LogP contribution in [0.1, 0.15) is 16.2 Å². The minimum atomic E-state index is -1.13. The lowest BCUT2D eigenvalue weighted by molar-refractivity contribution is 0.0690. The van der Waals surface area contributed by atoms with Gasteiger partial charge < -0.3 is 5.11 Å². The molecule has 0 aliphatic rings. The minimum Gasteiger partial charge on any atom is -0.476 e. The molecule has 0 bridgehead atoms. The number of rotatable bonds is 2. The number of hydrogen-bond donors (Lipinski definition) is 1. The van der Waals surface area contributed by atoms with Gasteiger partial charge in [0, 0.05) is 10.7 Å². The molecule has 2 rings (SSSR count). The smallest absolute Gasteiger partial charge is 0.356 e. The van der Waals surface area contributed by atoms with Crippen LogP contribution in [0.3, 0.4) is 0 Å². The normalized spacial score (nSPS) is 10.5. The van der Waals surface area contributed by atoms with E-state index in [1.54, 1.807) is 6.92 Å². The van der Waals surface area contributed by atoms with Crippen molar-refractivity contribution in [3.8, 4) is 5.69 Å². The molecular weight excluding hydrogens is 247 g/mol. The third-order valence-electron chi connectivity index (χ3n) is 2.20. The number of carboxylic acid groups (broad SMARTS) is 1. The van der Waals surface area contributed by atoms with Gasteiger partial charge in [0.1, 0.15) is 5.82 Å². The highest BCUT2D eigenvalue weighted by Gasteiger charge is 2.12. The van der Waals surface area contributed by atoms with Crippen molar-refractivity contribution in [2.45, 2.75) is 6.92 Å². The van der Waals surface area contributed by atoms with Crippen molar-refractivity contribution >= 4 is 17.6 Å². The van der Waals surface area contributed by atoms with Gasteiger partial charge in [-0.15, -0.1) is 0 Å². The van der Waals surface area contributed by atoms with Crippen LogP contribution in [0.15, 0.2) is 24.3 Å². The number of nitrogens with zero attached hydrogens (tertiary/aromatic N) is 2. The van der Waals surface area contributed by atoms with Crippen molar-refractivity contribution in [2.24, 2.45) is 0 Å². The predicted molar refractivity (Wildman–Crippen MR) is 60.2 cm³/mol. The first kappa shape index (κ1) is 11.6. The molecule has 0 aliphatic heterocycles. The summed E-state index contributed by atoms with van der Waals surface area (Å²) in [5.74, 6) is -1.63. The van der Waals surface area contributed by atoms with Gasteiger partial charge in [-0.3, -0.25) is 0 Å². The van der Waals surface area contributed by atoms with Crippen LogP contribution < -0.4 is 0 Å². The second-order valence-corrected chi connectivity index (χ2v) is 3.95. The van der Waals surface area contributed by atoms with Gasteiger partial charge in [0.2, 0.25) is 0 Å². The maximum absolute atomic E-state index is 13.2. The summed E-state index contributed by atoms with van der Waals surface area (Å²) >= 11 is 5.72. The fourth-order valence-electron chi connectivity index (χ4n) is 1.50. The molecule has 0 fully saturated rings. The number of benzene rings is 1. The predicted octanol–water partition coefficient (Wildman–Crippen LogP) is 2.67. The average Bonchev–Trinajstić information content (AvgIpc) is 2.59. The number of aromatic nitrogens is 2. The highest BCUT2D eigenvalue weighted by Crippen LogP contribution is 2.19. The van der Waals surface area contributed by atoms with Gasteiger partial charge in [-0.2, -0.15) is 5.10 Å². The summed E-state index contributed by atoms with van der Waals surface area (Å²) in [6.45, 7) is 1.68. The molecule has 0 atom stereocenters. The first-order valence-corrected chi connectivity index (χ1v) is 5.11. The van der Waals surface area contributed by atoms with Crippen LogP contribution in [0.2, 0.25) is 5.02 Å². The Morgan fingerprint density at radius 3 is 2.65 bits per heavy atom. The highest BCUT2D eigenvalue weighted by atomic mass is 35.5. The van der Waals surface area contributed by atoms with Crippen LogP contribution in [0.4, 0.5) is 4.39 Å². The zero-order valence-electron chi connectivity index (χ0n) is 8.82. The van der Waals surface area contributed by atoms with E-state index in [0.717, 1.165) is 0 Å². The molecule has 0 spiro atoms. The van der Waals surface area contributed by atoms with Crippen LogP contribution in [-0.2, 0) is 0 Å². The van der Waals surface area contributed by atoms with Crippen LogP contribution >= 0.6 is 11.6 Å². The maximum atomic E-state index is 13.2. The Morgan fingerprint density at radius 2 is 2.12 bits per heavy atom. The Hall–Kier alpha value is -1.88. The van der Waals surface area contributed by atoms with Gasteiger partial charge in [-0.25, -0.2) is 13.9 Å². The SMILES string of the molecule is Cc1cc(C(=O)O)nn1-c1cc(F)cc(Cl)c1. The summed E-state index contributed by atoms with van der Waals surface area (Å²) in [5, 5.41) is 12.9. The van der Waals surface area contributed by atoms with Crippen molar-refractivity contribution in [3.63, 3.8) is 0 Å². The van der Waals surface area contributed by atoms with Crippen LogP contribution in [-0.4, -0.2) is 20.9 Å². The monoisotopic (exact) mass is 254 g/mol. The van der Waals surface area contributed by atoms with E-state index in [9.17, 15) is 9.18 Å². The fraction of sp³-hybridized carbons (Fsp3) is 0.0909. The number of carboxylic acids is 1. The molecule has 2 aromatic rings. The molecule has 0 radical (unpaired) electrons. The topological polar surface area (TPSA) is 55.1 Å². The Morgan fingerprint density at radius 1 is 1.41 bits per heavy atom. The van der Waals surface area contributed by atoms with E-state index in [4.69, 9.17) is 16.7 Å². The lowest BCUT2D eigenvalue weighted by atomic mass is 10.3. The zero-order valence-corrected chi connectivity index (χ0v) is 9.57. The Balaban J connectivity index is 2.56. The molecule has 0 saturated carbocycles. The Kier molecular flexibility index (Phi) is 2.85. The van der Waals surface area contributed by atoms with Crippen molar-refractivity contribution in [1.82, 2.24) is 9.78 Å². The number of halogens is 2. The van der Waals surface area contributed by atoms with Crippen molar-refractivity contribution in [2.75, 3.05) is 0 Å². The van der Waals surface area contributed by atoms with E-state index in [0.29, 0.717) is 11.4 Å². The summed E-state index contributed by atoms with van der Waals surface area (Å²) in [7, 11) is 0. The average molecular weight is 255 g/mol. The molecule has 6 heteroatoms. The Labute approximate surface area is 101 Å². The lowest BCUT2D eigenvalue weighted by Crippen LogP contribution is -2.02. The third kappa shape index (κ3) is 2.29. The van der Waals surface area contributed by atoms with Crippen molar-refractivity contribution in [3.05, 3.63) is 46.5 Å². The lowest BCUT2D eigenvalue weighted by Gasteiger charge is -2.04. The van der Waals surface area contributed by atoms with E-state index in [-0.39, 0.29) is 10.7 Å². The summed E-state index contributed by atoms with van der Waals surface area (Å²) in [6.07, 6.45) is 0. The van der Waals surface area contributed by atoms with Gasteiger partial charge in [-0.05, 0) is 31.2 Å². The number of aryl methyl sites for hydroxylation is 1. The summed E-state index contributed by atoms with van der Waals surface area (Å²) < 4.78 is 14.5. The molecule has 4 nitrogen and oxygen atoms in total. The molecule has 1 aromatic heterocycles. The van der Waals surface area contributed by atoms with E-state index < -0.39 is 11.8 Å². The first-order chi connectivity index (χ1) is 7.97.